The van der Waals surface area contributed by atoms with Gasteiger partial charge in [0, 0.05) is 0 Å². The molecular weight excluding hydrogens is 130 g/mol. The molecule has 0 amide bonds. The number of hydrogen-bond donors (Lipinski definition) is 0. The van der Waals surface area contributed by atoms with E-state index in [0.717, 1.165) is 0 Å². The van der Waals surface area contributed by atoms with E-state index in [1.807, 2.05) is 0 Å². The smallest absolute Gasteiger partial charge is 0.111 e. The number of hydrogen-bond acceptors (Lipinski definition) is 1. The summed E-state index contributed by atoms with van der Waals surface area (Å²) in [6.07, 6.45) is 0. The van der Waals surface area contributed by atoms with Gasteiger partial charge in [0.05, 0.1) is 10.4 Å². The highest BCUT2D eigenvalue weighted by Gasteiger charge is 2.16. The molecule has 0 N–H and O–H groups in total. The second-order valence-electron chi connectivity index (χ2n) is 3.18. The molecule has 0 bridgehead atoms. The molecule has 0 aromatic rings. The Morgan fingerprint density at radius 2 is 1.75 bits per heavy atom. The fraction of sp³-hybridized carbons (Fsp3) is 1.00. The summed E-state index contributed by atoms with van der Waals surface area (Å²) >= 11 is 0. The van der Waals surface area contributed by atoms with Gasteiger partial charge in [-0.05, 0) is 6.54 Å². The lowest BCUT2D eigenvalue weighted by Crippen LogP contribution is -2.43. The predicted octanol–water partition coefficient (Wildman–Crippen LogP) is 0.424. The van der Waals surface area contributed by atoms with Gasteiger partial charge in [-0.15, -0.1) is 0 Å². The highest BCUT2D eigenvalue weighted by molar-refractivity contribution is 6.77. The fourth-order valence-corrected chi connectivity index (χ4v) is 1.42. The third-order valence-corrected chi connectivity index (χ3v) is 8.88. The van der Waals surface area contributed by atoms with Gasteiger partial charge in [-0.3, -0.25) is 0 Å². The molecule has 0 heterocycles. The zero-order valence-corrected chi connectivity index (χ0v) is 9.65. The van der Waals surface area contributed by atoms with Gasteiger partial charge in [-0.1, -0.05) is 26.6 Å². The normalized spacial score (nSPS) is 13.1. The molecule has 0 saturated carbocycles. The lowest BCUT2D eigenvalue weighted by Gasteiger charge is -2.28. The Hall–Kier alpha value is 0.394. The van der Waals surface area contributed by atoms with Crippen molar-refractivity contribution in [1.82, 2.24) is 4.23 Å². The molecule has 0 aliphatic heterocycles. The summed E-state index contributed by atoms with van der Waals surface area (Å²) in [5.41, 5.74) is 0. The minimum Gasteiger partial charge on any atom is -0.353 e. The van der Waals surface area contributed by atoms with Crippen LogP contribution in [0.25, 0.3) is 0 Å². The fourth-order valence-electron chi connectivity index (χ4n) is 0.474. The Morgan fingerprint density at radius 1 is 1.38 bits per heavy atom. The third kappa shape index (κ3) is 2.64. The Morgan fingerprint density at radius 3 is 1.75 bits per heavy atom. The highest BCUT2D eigenvalue weighted by atomic mass is 28.4. The molecule has 1 nitrogen and oxygen atoms in total. The summed E-state index contributed by atoms with van der Waals surface area (Å²) in [6, 6.07) is 0. The van der Waals surface area contributed by atoms with Gasteiger partial charge < -0.3 is 4.23 Å². The van der Waals surface area contributed by atoms with E-state index in [-0.39, 0.29) is 0 Å². The Kier molecular flexibility index (Phi) is 2.94. The van der Waals surface area contributed by atoms with Gasteiger partial charge in [0.25, 0.3) is 0 Å². The number of nitrogens with zero attached hydrogens (tertiary/aromatic N) is 1. The van der Waals surface area contributed by atoms with Crippen molar-refractivity contribution >= 4 is 18.6 Å². The van der Waals surface area contributed by atoms with Crippen molar-refractivity contribution in [1.29, 1.82) is 0 Å². The lowest BCUT2D eigenvalue weighted by molar-refractivity contribution is 0.696. The van der Waals surface area contributed by atoms with E-state index in [4.69, 9.17) is 0 Å². The first-order valence-corrected chi connectivity index (χ1v) is 7.54. The monoisotopic (exact) mass is 147 g/mol. The van der Waals surface area contributed by atoms with Crippen LogP contribution in [0, 0.1) is 0 Å². The zero-order chi connectivity index (χ0) is 6.78. The van der Waals surface area contributed by atoms with Crippen molar-refractivity contribution in [3.05, 3.63) is 0 Å². The van der Waals surface area contributed by atoms with Gasteiger partial charge in [0.1, 0.15) is 8.24 Å². The summed E-state index contributed by atoms with van der Waals surface area (Å²) in [4.78, 5) is 0. The first-order chi connectivity index (χ1) is 3.48. The van der Waals surface area contributed by atoms with Crippen LogP contribution in [0.3, 0.4) is 0 Å². The predicted molar refractivity (Wildman–Crippen MR) is 45.7 cm³/mol. The van der Waals surface area contributed by atoms with E-state index in [1.165, 1.54) is 16.9 Å². The third-order valence-electron chi connectivity index (χ3n) is 1.62. The molecule has 0 aromatic carbocycles. The van der Waals surface area contributed by atoms with Crippen molar-refractivity contribution < 1.29 is 0 Å². The molecule has 0 fully saturated rings. The van der Waals surface area contributed by atoms with E-state index >= 15 is 0 Å². The van der Waals surface area contributed by atoms with Gasteiger partial charge >= 0.3 is 0 Å². The topological polar surface area (TPSA) is 3.24 Å². The minimum absolute atomic E-state index is 0.866. The average molecular weight is 147 g/mol. The molecule has 0 rings (SSSR count). The molecule has 0 aromatic heterocycles. The van der Waals surface area contributed by atoms with Gasteiger partial charge in [-0.2, -0.15) is 0 Å². The maximum Gasteiger partial charge on any atom is 0.111 e. The Balaban J connectivity index is 3.62. The van der Waals surface area contributed by atoms with E-state index in [2.05, 4.69) is 30.8 Å². The van der Waals surface area contributed by atoms with Crippen molar-refractivity contribution in [3.63, 3.8) is 0 Å². The van der Waals surface area contributed by atoms with Crippen molar-refractivity contribution in [2.75, 3.05) is 6.54 Å². The Bertz CT molecular complexity index is 67.3. The van der Waals surface area contributed by atoms with Crippen LogP contribution in [-0.2, 0) is 0 Å². The molecule has 0 spiro atoms. The molecule has 0 aliphatic carbocycles. The van der Waals surface area contributed by atoms with E-state index in [1.54, 1.807) is 0 Å². The largest absolute Gasteiger partial charge is 0.353 e. The van der Waals surface area contributed by atoms with Gasteiger partial charge in [0.2, 0.25) is 0 Å². The summed E-state index contributed by atoms with van der Waals surface area (Å²) in [5, 5.41) is 0. The van der Waals surface area contributed by atoms with Crippen molar-refractivity contribution in [2.24, 2.45) is 0 Å². The second-order valence-corrected chi connectivity index (χ2v) is 10.3. The molecule has 0 aliphatic rings. The summed E-state index contributed by atoms with van der Waals surface area (Å²) in [6.45, 7) is 10.7. The van der Waals surface area contributed by atoms with Crippen LogP contribution in [0.5, 0.6) is 0 Å². The van der Waals surface area contributed by atoms with E-state index < -0.39 is 8.24 Å². The van der Waals surface area contributed by atoms with Crippen LogP contribution in [0.15, 0.2) is 0 Å². The first kappa shape index (κ1) is 8.39. The number of rotatable bonds is 2. The van der Waals surface area contributed by atoms with E-state index in [0.29, 0.717) is 0 Å². The van der Waals surface area contributed by atoms with Crippen LogP contribution in [-0.4, -0.2) is 29.4 Å². The molecule has 0 unspecified atom stereocenters. The quantitative estimate of drug-likeness (QED) is 0.512. The van der Waals surface area contributed by atoms with Crippen LogP contribution < -0.4 is 0 Å². The molecule has 8 heavy (non-hydrogen) atoms. The van der Waals surface area contributed by atoms with Crippen LogP contribution in [0.1, 0.15) is 6.92 Å². The first-order valence-electron chi connectivity index (χ1n) is 3.19. The zero-order valence-electron chi connectivity index (χ0n) is 6.65. The van der Waals surface area contributed by atoms with Crippen molar-refractivity contribution in [2.45, 2.75) is 26.6 Å². The van der Waals surface area contributed by atoms with Gasteiger partial charge in [-0.25, -0.2) is 0 Å². The molecule has 0 saturated heterocycles. The lowest BCUT2D eigenvalue weighted by atomic mass is 10.8. The second kappa shape index (κ2) is 2.80. The summed E-state index contributed by atoms with van der Waals surface area (Å²) < 4.78 is 2.59. The average Bonchev–Trinajstić information content (AvgIpc) is 1.62. The molecule has 50 valence electrons. The van der Waals surface area contributed by atoms with Crippen LogP contribution in [0.2, 0.25) is 19.6 Å². The van der Waals surface area contributed by atoms with Crippen molar-refractivity contribution in [3.8, 4) is 0 Å². The summed E-state index contributed by atoms with van der Waals surface area (Å²) in [7, 11) is 0.378. The maximum absolute atomic E-state index is 2.59. The SMILES string of the molecule is CCN([SiH3])[Si](C)(C)C. The van der Waals surface area contributed by atoms with Crippen LogP contribution >= 0.6 is 0 Å². The maximum atomic E-state index is 2.59. The Labute approximate surface area is 56.7 Å². The standard InChI is InChI=1S/C5H17NSi2/c1-5-6(7)8(2,3)4/h5H2,1-4,7H3. The van der Waals surface area contributed by atoms with E-state index in [9.17, 15) is 0 Å². The molecular formula is C5H17NSi2. The minimum atomic E-state index is -0.866. The molecule has 3 heteroatoms. The molecule has 0 atom stereocenters. The molecule has 0 radical (unpaired) electrons. The van der Waals surface area contributed by atoms with Crippen LogP contribution in [0.4, 0.5) is 0 Å². The summed E-state index contributed by atoms with van der Waals surface area (Å²) in [5.74, 6) is 0. The highest BCUT2D eigenvalue weighted by Crippen LogP contribution is 2.03. The van der Waals surface area contributed by atoms with Gasteiger partial charge in [0.15, 0.2) is 0 Å².